The zero-order chi connectivity index (χ0) is 8.81. The summed E-state index contributed by atoms with van der Waals surface area (Å²) in [6, 6.07) is 10.4. The van der Waals surface area contributed by atoms with Gasteiger partial charge in [0.2, 0.25) is 0 Å². The Morgan fingerprint density at radius 1 is 1.33 bits per heavy atom. The topological polar surface area (TPSA) is 9.23 Å². The van der Waals surface area contributed by atoms with Crippen molar-refractivity contribution in [2.45, 2.75) is 17.9 Å². The molecule has 1 nitrogen and oxygen atoms in total. The molecule has 2 heteroatoms. The van der Waals surface area contributed by atoms with Crippen molar-refractivity contribution in [1.29, 1.82) is 0 Å². The minimum atomic E-state index is 0.178. The van der Waals surface area contributed by atoms with E-state index in [1.165, 1.54) is 5.56 Å². The van der Waals surface area contributed by atoms with Crippen molar-refractivity contribution in [1.82, 2.24) is 0 Å². The second-order valence-electron chi connectivity index (χ2n) is 2.67. The summed E-state index contributed by atoms with van der Waals surface area (Å²) in [5.41, 5.74) is 1.36. The summed E-state index contributed by atoms with van der Waals surface area (Å²) in [7, 11) is 1.71. The summed E-state index contributed by atoms with van der Waals surface area (Å²) in [6.45, 7) is 0. The number of benzene rings is 1. The lowest BCUT2D eigenvalue weighted by Gasteiger charge is -2.06. The molecule has 0 saturated heterocycles. The molecular formula is C10H13BrO. The lowest BCUT2D eigenvalue weighted by atomic mass is 10.1. The highest BCUT2D eigenvalue weighted by Gasteiger charge is 2.00. The number of hydrogen-bond donors (Lipinski definition) is 0. The Bertz CT molecular complexity index is 210. The lowest BCUT2D eigenvalue weighted by molar-refractivity contribution is 0.171. The first kappa shape index (κ1) is 9.75. The van der Waals surface area contributed by atoms with E-state index >= 15 is 0 Å². The Morgan fingerprint density at radius 2 is 2.00 bits per heavy atom. The van der Waals surface area contributed by atoms with Gasteiger partial charge in [0.15, 0.2) is 0 Å². The van der Waals surface area contributed by atoms with Gasteiger partial charge in [-0.2, -0.15) is 0 Å². The van der Waals surface area contributed by atoms with Crippen LogP contribution < -0.4 is 0 Å². The number of rotatable bonds is 4. The van der Waals surface area contributed by atoms with Crippen LogP contribution in [0.1, 0.15) is 12.0 Å². The van der Waals surface area contributed by atoms with Gasteiger partial charge in [0.05, 0.1) is 0 Å². The molecule has 1 aromatic carbocycles. The second kappa shape index (κ2) is 5.33. The van der Waals surface area contributed by atoms with Gasteiger partial charge in [0.25, 0.3) is 0 Å². The highest BCUT2D eigenvalue weighted by Crippen LogP contribution is 2.10. The molecule has 0 spiro atoms. The van der Waals surface area contributed by atoms with Gasteiger partial charge >= 0.3 is 0 Å². The van der Waals surface area contributed by atoms with E-state index in [4.69, 9.17) is 4.74 Å². The largest absolute Gasteiger partial charge is 0.370 e. The number of halogens is 1. The van der Waals surface area contributed by atoms with Gasteiger partial charge in [-0.05, 0) is 18.4 Å². The van der Waals surface area contributed by atoms with Crippen molar-refractivity contribution in [2.24, 2.45) is 0 Å². The maximum atomic E-state index is 5.09. The average Bonchev–Trinajstić information content (AvgIpc) is 2.16. The number of ether oxygens (including phenoxy) is 1. The maximum Gasteiger partial charge on any atom is 0.112 e. The Morgan fingerprint density at radius 3 is 2.58 bits per heavy atom. The summed E-state index contributed by atoms with van der Waals surface area (Å²) >= 11 is 3.41. The van der Waals surface area contributed by atoms with Crippen LogP contribution in [-0.4, -0.2) is 12.1 Å². The summed E-state index contributed by atoms with van der Waals surface area (Å²) in [5, 5.41) is 0.178. The molecule has 1 atom stereocenters. The fraction of sp³-hybridized carbons (Fsp3) is 0.400. The third-order valence-electron chi connectivity index (χ3n) is 1.76. The minimum absolute atomic E-state index is 0.178. The molecule has 0 fully saturated rings. The molecule has 1 unspecified atom stereocenters. The van der Waals surface area contributed by atoms with Gasteiger partial charge in [0, 0.05) is 7.11 Å². The first-order valence-corrected chi connectivity index (χ1v) is 4.95. The van der Waals surface area contributed by atoms with Gasteiger partial charge in [-0.25, -0.2) is 0 Å². The average molecular weight is 229 g/mol. The molecule has 0 aliphatic carbocycles. The lowest BCUT2D eigenvalue weighted by Crippen LogP contribution is -2.01. The highest BCUT2D eigenvalue weighted by atomic mass is 79.9. The van der Waals surface area contributed by atoms with E-state index in [-0.39, 0.29) is 5.01 Å². The molecule has 12 heavy (non-hydrogen) atoms. The van der Waals surface area contributed by atoms with E-state index in [9.17, 15) is 0 Å². The van der Waals surface area contributed by atoms with Crippen molar-refractivity contribution in [3.05, 3.63) is 35.9 Å². The van der Waals surface area contributed by atoms with Crippen molar-refractivity contribution in [3.8, 4) is 0 Å². The van der Waals surface area contributed by atoms with Crippen molar-refractivity contribution in [2.75, 3.05) is 7.11 Å². The molecule has 0 aromatic heterocycles. The van der Waals surface area contributed by atoms with Crippen molar-refractivity contribution >= 4 is 15.9 Å². The van der Waals surface area contributed by atoms with Crippen LogP contribution in [0.25, 0.3) is 0 Å². The first-order chi connectivity index (χ1) is 5.83. The summed E-state index contributed by atoms with van der Waals surface area (Å²) in [5.74, 6) is 0. The SMILES string of the molecule is COC(Br)CCc1ccccc1. The van der Waals surface area contributed by atoms with Crippen LogP contribution in [0.5, 0.6) is 0 Å². The normalized spacial score (nSPS) is 12.8. The number of aryl methyl sites for hydroxylation is 1. The summed E-state index contributed by atoms with van der Waals surface area (Å²) in [4.78, 5) is 0. The van der Waals surface area contributed by atoms with Crippen molar-refractivity contribution in [3.63, 3.8) is 0 Å². The third kappa shape index (κ3) is 3.37. The zero-order valence-corrected chi connectivity index (χ0v) is 8.75. The molecule has 0 aliphatic heterocycles. The maximum absolute atomic E-state index is 5.09. The van der Waals surface area contributed by atoms with E-state index in [0.717, 1.165) is 12.8 Å². The quantitative estimate of drug-likeness (QED) is 0.721. The molecule has 66 valence electrons. The molecular weight excluding hydrogens is 216 g/mol. The standard InChI is InChI=1S/C10H13BrO/c1-12-10(11)8-7-9-5-3-2-4-6-9/h2-6,10H,7-8H2,1H3. The fourth-order valence-electron chi connectivity index (χ4n) is 1.04. The minimum Gasteiger partial charge on any atom is -0.370 e. The van der Waals surface area contributed by atoms with Gasteiger partial charge in [-0.1, -0.05) is 46.3 Å². The number of hydrogen-bond acceptors (Lipinski definition) is 1. The van der Waals surface area contributed by atoms with Crippen LogP contribution in [-0.2, 0) is 11.2 Å². The van der Waals surface area contributed by atoms with E-state index in [0.29, 0.717) is 0 Å². The number of methoxy groups -OCH3 is 1. The smallest absolute Gasteiger partial charge is 0.112 e. The van der Waals surface area contributed by atoms with Crippen LogP contribution in [0.3, 0.4) is 0 Å². The van der Waals surface area contributed by atoms with Crippen molar-refractivity contribution < 1.29 is 4.74 Å². The highest BCUT2D eigenvalue weighted by molar-refractivity contribution is 9.09. The van der Waals surface area contributed by atoms with Crippen LogP contribution >= 0.6 is 15.9 Å². The molecule has 0 bridgehead atoms. The summed E-state index contributed by atoms with van der Waals surface area (Å²) < 4.78 is 5.09. The second-order valence-corrected chi connectivity index (χ2v) is 3.69. The molecule has 1 rings (SSSR count). The van der Waals surface area contributed by atoms with Crippen LogP contribution in [0.4, 0.5) is 0 Å². The van der Waals surface area contributed by atoms with E-state index in [1.54, 1.807) is 7.11 Å². The third-order valence-corrected chi connectivity index (χ3v) is 2.59. The Labute approximate surface area is 81.9 Å². The van der Waals surface area contributed by atoms with Crippen LogP contribution in [0.2, 0.25) is 0 Å². The Balaban J connectivity index is 2.33. The fourth-order valence-corrected chi connectivity index (χ4v) is 1.27. The van der Waals surface area contributed by atoms with E-state index in [2.05, 4.69) is 40.2 Å². The van der Waals surface area contributed by atoms with Crippen LogP contribution in [0.15, 0.2) is 30.3 Å². The predicted molar refractivity (Wildman–Crippen MR) is 54.5 cm³/mol. The molecule has 0 amide bonds. The van der Waals surface area contributed by atoms with Gasteiger partial charge in [0.1, 0.15) is 5.01 Å². The molecule has 0 N–H and O–H groups in total. The molecule has 1 aromatic rings. The molecule has 0 radical (unpaired) electrons. The molecule has 0 aliphatic rings. The predicted octanol–water partition coefficient (Wildman–Crippen LogP) is 2.99. The first-order valence-electron chi connectivity index (χ1n) is 4.03. The monoisotopic (exact) mass is 228 g/mol. The van der Waals surface area contributed by atoms with E-state index < -0.39 is 0 Å². The van der Waals surface area contributed by atoms with Gasteiger partial charge in [-0.3, -0.25) is 0 Å². The van der Waals surface area contributed by atoms with Crippen LogP contribution in [0, 0.1) is 0 Å². The Kier molecular flexibility index (Phi) is 4.33. The zero-order valence-electron chi connectivity index (χ0n) is 7.16. The summed E-state index contributed by atoms with van der Waals surface area (Å²) in [6.07, 6.45) is 2.07. The molecule has 0 heterocycles. The number of alkyl halides is 1. The van der Waals surface area contributed by atoms with E-state index in [1.807, 2.05) is 6.07 Å². The van der Waals surface area contributed by atoms with Gasteiger partial charge < -0.3 is 4.74 Å². The molecule has 0 saturated carbocycles. The Hall–Kier alpha value is -0.340. The van der Waals surface area contributed by atoms with Gasteiger partial charge in [-0.15, -0.1) is 0 Å².